The Balaban J connectivity index is 2.77. The number of rotatable bonds is 4. The van der Waals surface area contributed by atoms with Gasteiger partial charge >= 0.3 is 5.97 Å². The lowest BCUT2D eigenvalue weighted by molar-refractivity contribution is -0.138. The largest absolute Gasteiger partial charge is 0.463 e. The van der Waals surface area contributed by atoms with E-state index in [0.717, 1.165) is 6.07 Å². The number of halogens is 2. The van der Waals surface area contributed by atoms with Crippen LogP contribution in [0, 0.1) is 11.6 Å². The first kappa shape index (κ1) is 12.4. The zero-order valence-corrected chi connectivity index (χ0v) is 8.93. The first-order valence-electron chi connectivity index (χ1n) is 4.84. The molecule has 4 heteroatoms. The molecule has 0 atom stereocenters. The van der Waals surface area contributed by atoms with E-state index in [9.17, 15) is 13.6 Å². The van der Waals surface area contributed by atoms with Crippen LogP contribution in [-0.2, 0) is 16.0 Å². The molecule has 2 nitrogen and oxygen atoms in total. The van der Waals surface area contributed by atoms with E-state index in [2.05, 4.69) is 6.58 Å². The van der Waals surface area contributed by atoms with Gasteiger partial charge in [-0.1, -0.05) is 18.7 Å². The van der Waals surface area contributed by atoms with Gasteiger partial charge in [0.25, 0.3) is 0 Å². The van der Waals surface area contributed by atoms with Crippen molar-refractivity contribution in [3.05, 3.63) is 47.5 Å². The molecule has 0 aliphatic rings. The van der Waals surface area contributed by atoms with E-state index in [-0.39, 0.29) is 24.2 Å². The number of hydrogen-bond donors (Lipinski definition) is 0. The average molecular weight is 226 g/mol. The van der Waals surface area contributed by atoms with Crippen LogP contribution in [-0.4, -0.2) is 12.6 Å². The van der Waals surface area contributed by atoms with Crippen molar-refractivity contribution in [2.45, 2.75) is 13.3 Å². The summed E-state index contributed by atoms with van der Waals surface area (Å²) in [5, 5.41) is 0. The van der Waals surface area contributed by atoms with Crippen molar-refractivity contribution in [3.63, 3.8) is 0 Å². The molecule has 0 aliphatic carbocycles. The predicted molar refractivity (Wildman–Crippen MR) is 55.8 cm³/mol. The SMILES string of the molecule is C=C(Cc1cccc(F)c1F)C(=O)OCC. The van der Waals surface area contributed by atoms with Gasteiger partial charge in [-0.05, 0) is 18.6 Å². The molecule has 0 aromatic heterocycles. The van der Waals surface area contributed by atoms with E-state index in [0.29, 0.717) is 0 Å². The highest BCUT2D eigenvalue weighted by Crippen LogP contribution is 2.15. The summed E-state index contributed by atoms with van der Waals surface area (Å²) in [5.41, 5.74) is 0.199. The smallest absolute Gasteiger partial charge is 0.333 e. The summed E-state index contributed by atoms with van der Waals surface area (Å²) in [6.07, 6.45) is -0.0531. The number of ether oxygens (including phenoxy) is 1. The second kappa shape index (κ2) is 5.39. The van der Waals surface area contributed by atoms with Crippen molar-refractivity contribution in [1.29, 1.82) is 0 Å². The summed E-state index contributed by atoms with van der Waals surface area (Å²) in [5.74, 6) is -2.48. The fourth-order valence-electron chi connectivity index (χ4n) is 1.22. The molecule has 0 heterocycles. The van der Waals surface area contributed by atoms with Crippen molar-refractivity contribution < 1.29 is 18.3 Å². The number of carbonyl (C=O) groups is 1. The van der Waals surface area contributed by atoms with Crippen LogP contribution in [0.5, 0.6) is 0 Å². The Kier molecular flexibility index (Phi) is 4.17. The Hall–Kier alpha value is -1.71. The number of benzene rings is 1. The molecule has 16 heavy (non-hydrogen) atoms. The standard InChI is InChI=1S/C12H12F2O2/c1-3-16-12(15)8(2)7-9-5-4-6-10(13)11(9)14/h4-6H,2-3,7H2,1H3. The second-order valence-electron chi connectivity index (χ2n) is 3.21. The van der Waals surface area contributed by atoms with Crippen LogP contribution in [0.25, 0.3) is 0 Å². The lowest BCUT2D eigenvalue weighted by Gasteiger charge is -2.06. The van der Waals surface area contributed by atoms with E-state index >= 15 is 0 Å². The summed E-state index contributed by atoms with van der Waals surface area (Å²) >= 11 is 0. The molecule has 0 amide bonds. The van der Waals surface area contributed by atoms with Crippen LogP contribution >= 0.6 is 0 Å². The molecule has 1 rings (SSSR count). The normalized spacial score (nSPS) is 9.94. The van der Waals surface area contributed by atoms with Crippen molar-refractivity contribution in [2.24, 2.45) is 0 Å². The van der Waals surface area contributed by atoms with E-state index < -0.39 is 17.6 Å². The maximum atomic E-state index is 13.2. The van der Waals surface area contributed by atoms with Gasteiger partial charge in [-0.2, -0.15) is 0 Å². The minimum absolute atomic E-state index is 0.0531. The number of hydrogen-bond acceptors (Lipinski definition) is 2. The predicted octanol–water partition coefficient (Wildman–Crippen LogP) is 2.63. The van der Waals surface area contributed by atoms with Crippen molar-refractivity contribution in [1.82, 2.24) is 0 Å². The molecule has 0 bridgehead atoms. The van der Waals surface area contributed by atoms with Crippen LogP contribution in [0.15, 0.2) is 30.4 Å². The zero-order valence-electron chi connectivity index (χ0n) is 8.93. The Bertz CT molecular complexity index is 413. The van der Waals surface area contributed by atoms with E-state index in [1.54, 1.807) is 6.92 Å². The lowest BCUT2D eigenvalue weighted by Crippen LogP contribution is -2.09. The fraction of sp³-hybridized carbons (Fsp3) is 0.250. The highest BCUT2D eigenvalue weighted by atomic mass is 19.2. The van der Waals surface area contributed by atoms with Crippen molar-refractivity contribution >= 4 is 5.97 Å². The van der Waals surface area contributed by atoms with Gasteiger partial charge < -0.3 is 4.74 Å². The molecule has 0 unspecified atom stereocenters. The molecule has 0 fully saturated rings. The molecule has 86 valence electrons. The summed E-state index contributed by atoms with van der Waals surface area (Å²) in [7, 11) is 0. The van der Waals surface area contributed by atoms with Gasteiger partial charge in [0.2, 0.25) is 0 Å². The number of carbonyl (C=O) groups excluding carboxylic acids is 1. The van der Waals surface area contributed by atoms with Crippen molar-refractivity contribution in [3.8, 4) is 0 Å². The first-order valence-corrected chi connectivity index (χ1v) is 4.84. The van der Waals surface area contributed by atoms with E-state index in [1.165, 1.54) is 12.1 Å². The Morgan fingerprint density at radius 3 is 2.75 bits per heavy atom. The molecular weight excluding hydrogens is 214 g/mol. The second-order valence-corrected chi connectivity index (χ2v) is 3.21. The number of esters is 1. The van der Waals surface area contributed by atoms with Crippen molar-refractivity contribution in [2.75, 3.05) is 6.61 Å². The molecule has 0 spiro atoms. The van der Waals surface area contributed by atoms with Gasteiger partial charge in [-0.15, -0.1) is 0 Å². The molecule has 0 saturated carbocycles. The van der Waals surface area contributed by atoms with E-state index in [1.807, 2.05) is 0 Å². The third kappa shape index (κ3) is 2.89. The van der Waals surface area contributed by atoms with Crippen LogP contribution in [0.3, 0.4) is 0 Å². The third-order valence-electron chi connectivity index (χ3n) is 2.00. The minimum atomic E-state index is -0.951. The van der Waals surface area contributed by atoms with Gasteiger partial charge in [0.15, 0.2) is 11.6 Å². The molecule has 0 N–H and O–H groups in total. The Morgan fingerprint density at radius 2 is 2.12 bits per heavy atom. The van der Waals surface area contributed by atoms with Gasteiger partial charge in [0.1, 0.15) is 0 Å². The van der Waals surface area contributed by atoms with Crippen LogP contribution in [0.4, 0.5) is 8.78 Å². The minimum Gasteiger partial charge on any atom is -0.463 e. The van der Waals surface area contributed by atoms with Crippen LogP contribution < -0.4 is 0 Å². The lowest BCUT2D eigenvalue weighted by atomic mass is 10.1. The monoisotopic (exact) mass is 226 g/mol. The van der Waals surface area contributed by atoms with Gasteiger partial charge in [-0.25, -0.2) is 13.6 Å². The molecule has 0 aliphatic heterocycles. The van der Waals surface area contributed by atoms with Gasteiger partial charge in [0.05, 0.1) is 6.61 Å². The average Bonchev–Trinajstić information content (AvgIpc) is 2.25. The van der Waals surface area contributed by atoms with Crippen LogP contribution in [0.1, 0.15) is 12.5 Å². The fourth-order valence-corrected chi connectivity index (χ4v) is 1.22. The quantitative estimate of drug-likeness (QED) is 0.582. The van der Waals surface area contributed by atoms with Gasteiger partial charge in [-0.3, -0.25) is 0 Å². The summed E-state index contributed by atoms with van der Waals surface area (Å²) in [4.78, 5) is 11.2. The molecule has 0 saturated heterocycles. The molecule has 0 radical (unpaired) electrons. The third-order valence-corrected chi connectivity index (χ3v) is 2.00. The Morgan fingerprint density at radius 1 is 1.44 bits per heavy atom. The van der Waals surface area contributed by atoms with E-state index in [4.69, 9.17) is 4.74 Å². The summed E-state index contributed by atoms with van der Waals surface area (Å²) in [6, 6.07) is 3.81. The summed E-state index contributed by atoms with van der Waals surface area (Å²) in [6.45, 7) is 5.36. The van der Waals surface area contributed by atoms with Crippen LogP contribution in [0.2, 0.25) is 0 Å². The highest BCUT2D eigenvalue weighted by Gasteiger charge is 2.13. The van der Waals surface area contributed by atoms with Gasteiger partial charge in [0, 0.05) is 12.0 Å². The zero-order chi connectivity index (χ0) is 12.1. The Labute approximate surface area is 92.5 Å². The molecule has 1 aromatic carbocycles. The molecular formula is C12H12F2O2. The molecule has 1 aromatic rings. The highest BCUT2D eigenvalue weighted by molar-refractivity contribution is 5.88. The maximum absolute atomic E-state index is 13.2. The first-order chi connectivity index (χ1) is 7.56. The topological polar surface area (TPSA) is 26.3 Å². The maximum Gasteiger partial charge on any atom is 0.333 e. The summed E-state index contributed by atoms with van der Waals surface area (Å²) < 4.78 is 30.8.